The monoisotopic (exact) mass is 243 g/mol. The molecule has 2 nitrogen and oxygen atoms in total. The molecular weight excluding hydrogens is 226 g/mol. The largest absolute Gasteiger partial charge is 0.375 e. The Morgan fingerprint density at radius 3 is 2.50 bits per heavy atom. The molecule has 0 amide bonds. The number of alkyl halides is 4. The molecule has 0 unspecified atom stereocenters. The Balaban J connectivity index is 1.86. The highest BCUT2D eigenvalue weighted by molar-refractivity contribution is 4.80. The van der Waals surface area contributed by atoms with Crippen molar-refractivity contribution in [2.24, 2.45) is 0 Å². The van der Waals surface area contributed by atoms with Crippen LogP contribution in [0.15, 0.2) is 0 Å². The molecule has 1 aliphatic carbocycles. The number of hydrogen-bond donors (Lipinski definition) is 1. The average Bonchev–Trinajstić information content (AvgIpc) is 2.99. The summed E-state index contributed by atoms with van der Waals surface area (Å²) < 4.78 is 52.6. The molecule has 96 valence electrons. The third kappa shape index (κ3) is 5.65. The van der Waals surface area contributed by atoms with Crippen LogP contribution in [0.5, 0.6) is 0 Å². The average molecular weight is 243 g/mol. The van der Waals surface area contributed by atoms with Crippen LogP contribution in [0.3, 0.4) is 0 Å². The van der Waals surface area contributed by atoms with E-state index in [1.165, 1.54) is 12.8 Å². The van der Waals surface area contributed by atoms with Crippen molar-refractivity contribution in [1.29, 1.82) is 0 Å². The summed E-state index contributed by atoms with van der Waals surface area (Å²) in [6.07, 6.45) is 0.188. The van der Waals surface area contributed by atoms with Crippen LogP contribution in [0.1, 0.15) is 25.7 Å². The van der Waals surface area contributed by atoms with E-state index in [0.29, 0.717) is 12.5 Å². The van der Waals surface area contributed by atoms with Crippen LogP contribution in [-0.4, -0.2) is 38.1 Å². The molecule has 1 N–H and O–H groups in total. The van der Waals surface area contributed by atoms with E-state index >= 15 is 0 Å². The van der Waals surface area contributed by atoms with Crippen molar-refractivity contribution in [3.8, 4) is 0 Å². The first-order valence-electron chi connectivity index (χ1n) is 5.49. The number of rotatable bonds is 9. The molecule has 0 saturated heterocycles. The van der Waals surface area contributed by atoms with Crippen LogP contribution in [0.4, 0.5) is 17.6 Å². The summed E-state index contributed by atoms with van der Waals surface area (Å²) in [6.45, 7) is -0.255. The van der Waals surface area contributed by atoms with Crippen molar-refractivity contribution >= 4 is 0 Å². The fraction of sp³-hybridized carbons (Fsp3) is 1.00. The molecule has 0 aromatic heterocycles. The van der Waals surface area contributed by atoms with Gasteiger partial charge in [0.15, 0.2) is 0 Å². The fourth-order valence-corrected chi connectivity index (χ4v) is 1.19. The Morgan fingerprint density at radius 2 is 1.94 bits per heavy atom. The van der Waals surface area contributed by atoms with Gasteiger partial charge in [0, 0.05) is 12.6 Å². The molecule has 1 fully saturated rings. The molecule has 0 aliphatic heterocycles. The minimum absolute atomic E-state index is 0.106. The lowest BCUT2D eigenvalue weighted by molar-refractivity contribution is -0.165. The highest BCUT2D eigenvalue weighted by atomic mass is 19.3. The SMILES string of the molecule is FC(F)C(F)(F)COCCCCNC1CC1. The number of unbranched alkanes of at least 4 members (excludes halogenated alkanes) is 1. The smallest absolute Gasteiger partial charge is 0.330 e. The molecule has 0 spiro atoms. The van der Waals surface area contributed by atoms with E-state index in [4.69, 9.17) is 0 Å². The lowest BCUT2D eigenvalue weighted by atomic mass is 10.3. The molecule has 1 rings (SSSR count). The molecule has 1 aliphatic rings. The van der Waals surface area contributed by atoms with Gasteiger partial charge in [0.2, 0.25) is 0 Å². The van der Waals surface area contributed by atoms with E-state index in [2.05, 4.69) is 10.1 Å². The second kappa shape index (κ2) is 6.39. The van der Waals surface area contributed by atoms with E-state index in [1.54, 1.807) is 0 Å². The third-order valence-corrected chi connectivity index (χ3v) is 2.34. The minimum atomic E-state index is -4.02. The summed E-state index contributed by atoms with van der Waals surface area (Å²) in [5.74, 6) is -4.02. The van der Waals surface area contributed by atoms with Gasteiger partial charge in [-0.2, -0.15) is 8.78 Å². The third-order valence-electron chi connectivity index (χ3n) is 2.34. The van der Waals surface area contributed by atoms with Crippen molar-refractivity contribution < 1.29 is 22.3 Å². The fourth-order valence-electron chi connectivity index (χ4n) is 1.19. The summed E-state index contributed by atoms with van der Waals surface area (Å²) in [5.41, 5.74) is 0. The molecule has 0 aromatic carbocycles. The summed E-state index contributed by atoms with van der Waals surface area (Å²) >= 11 is 0. The van der Waals surface area contributed by atoms with Gasteiger partial charge in [-0.3, -0.25) is 0 Å². The lowest BCUT2D eigenvalue weighted by Gasteiger charge is -2.14. The van der Waals surface area contributed by atoms with Crippen LogP contribution < -0.4 is 5.32 Å². The van der Waals surface area contributed by atoms with Gasteiger partial charge in [-0.1, -0.05) is 0 Å². The van der Waals surface area contributed by atoms with E-state index in [9.17, 15) is 17.6 Å². The minimum Gasteiger partial charge on any atom is -0.375 e. The highest BCUT2D eigenvalue weighted by Crippen LogP contribution is 2.22. The van der Waals surface area contributed by atoms with E-state index in [0.717, 1.165) is 13.0 Å². The second-order valence-corrected chi connectivity index (χ2v) is 4.05. The maximum Gasteiger partial charge on any atom is 0.330 e. The normalized spacial score (nSPS) is 17.1. The zero-order valence-corrected chi connectivity index (χ0v) is 9.02. The Bertz CT molecular complexity index is 197. The first-order chi connectivity index (χ1) is 7.52. The van der Waals surface area contributed by atoms with Crippen molar-refractivity contribution in [2.45, 2.75) is 44.1 Å². The highest BCUT2D eigenvalue weighted by Gasteiger charge is 2.40. The maximum absolute atomic E-state index is 12.3. The molecule has 16 heavy (non-hydrogen) atoms. The maximum atomic E-state index is 12.3. The molecular formula is C10H17F4NO. The summed E-state index contributed by atoms with van der Waals surface area (Å²) in [7, 11) is 0. The first-order valence-corrected chi connectivity index (χ1v) is 5.49. The summed E-state index contributed by atoms with van der Waals surface area (Å²) in [5, 5.41) is 3.26. The first kappa shape index (κ1) is 13.7. The van der Waals surface area contributed by atoms with Crippen molar-refractivity contribution in [3.63, 3.8) is 0 Å². The van der Waals surface area contributed by atoms with Gasteiger partial charge < -0.3 is 10.1 Å². The molecule has 0 aromatic rings. The molecule has 0 bridgehead atoms. The molecule has 0 radical (unpaired) electrons. The lowest BCUT2D eigenvalue weighted by Crippen LogP contribution is -2.32. The predicted octanol–water partition coefficient (Wildman–Crippen LogP) is 2.44. The zero-order valence-electron chi connectivity index (χ0n) is 9.02. The van der Waals surface area contributed by atoms with Crippen LogP contribution in [0.25, 0.3) is 0 Å². The van der Waals surface area contributed by atoms with Crippen LogP contribution in [-0.2, 0) is 4.74 Å². The van der Waals surface area contributed by atoms with Gasteiger partial charge in [0.05, 0.1) is 0 Å². The van der Waals surface area contributed by atoms with Gasteiger partial charge in [0.1, 0.15) is 6.61 Å². The van der Waals surface area contributed by atoms with Crippen LogP contribution in [0.2, 0.25) is 0 Å². The van der Waals surface area contributed by atoms with Crippen molar-refractivity contribution in [3.05, 3.63) is 0 Å². The van der Waals surface area contributed by atoms with E-state index in [-0.39, 0.29) is 6.61 Å². The Kier molecular flexibility index (Phi) is 5.48. The number of halogens is 4. The Hall–Kier alpha value is -0.360. The molecule has 0 heterocycles. The van der Waals surface area contributed by atoms with Crippen LogP contribution >= 0.6 is 0 Å². The Labute approximate surface area is 92.3 Å². The molecule has 0 atom stereocenters. The molecule has 6 heteroatoms. The topological polar surface area (TPSA) is 21.3 Å². The standard InChI is InChI=1S/C10H17F4NO/c11-9(12)10(13,14)7-16-6-2-1-5-15-8-3-4-8/h8-9,15H,1-7H2. The summed E-state index contributed by atoms with van der Waals surface area (Å²) in [4.78, 5) is 0. The number of hydrogen-bond acceptors (Lipinski definition) is 2. The van der Waals surface area contributed by atoms with Gasteiger partial charge in [-0.15, -0.1) is 0 Å². The van der Waals surface area contributed by atoms with E-state index in [1.807, 2.05) is 0 Å². The Morgan fingerprint density at radius 1 is 1.25 bits per heavy atom. The quantitative estimate of drug-likeness (QED) is 0.496. The van der Waals surface area contributed by atoms with Gasteiger partial charge >= 0.3 is 12.3 Å². The zero-order chi connectivity index (χ0) is 12.0. The van der Waals surface area contributed by atoms with Gasteiger partial charge in [-0.05, 0) is 32.2 Å². The van der Waals surface area contributed by atoms with Crippen LogP contribution in [0, 0.1) is 0 Å². The van der Waals surface area contributed by atoms with Crippen molar-refractivity contribution in [1.82, 2.24) is 5.32 Å². The van der Waals surface area contributed by atoms with Crippen molar-refractivity contribution in [2.75, 3.05) is 19.8 Å². The number of ether oxygens (including phenoxy) is 1. The predicted molar refractivity (Wildman–Crippen MR) is 52.0 cm³/mol. The summed E-state index contributed by atoms with van der Waals surface area (Å²) in [6, 6.07) is 0.629. The second-order valence-electron chi connectivity index (χ2n) is 4.05. The number of nitrogens with one attached hydrogen (secondary N) is 1. The van der Waals surface area contributed by atoms with E-state index < -0.39 is 19.0 Å². The van der Waals surface area contributed by atoms with Gasteiger partial charge in [-0.25, -0.2) is 8.78 Å². The molecule has 1 saturated carbocycles. The van der Waals surface area contributed by atoms with Gasteiger partial charge in [0.25, 0.3) is 0 Å².